The molecule has 1 aromatic carbocycles. The molecule has 0 aliphatic rings. The van der Waals surface area contributed by atoms with E-state index in [9.17, 15) is 0 Å². The lowest BCUT2D eigenvalue weighted by Crippen LogP contribution is -2.38. The van der Waals surface area contributed by atoms with Gasteiger partial charge in [0.25, 0.3) is 0 Å². The van der Waals surface area contributed by atoms with Crippen molar-refractivity contribution in [2.45, 2.75) is 39.3 Å². The lowest BCUT2D eigenvalue weighted by atomic mass is 10.1. The second kappa shape index (κ2) is 12.1. The fraction of sp³-hybridized carbons (Fsp3) is 0.500. The number of aromatic nitrogens is 2. The van der Waals surface area contributed by atoms with Crippen LogP contribution in [0, 0.1) is 0 Å². The summed E-state index contributed by atoms with van der Waals surface area (Å²) in [6, 6.07) is 10.3. The number of hydrogen-bond acceptors (Lipinski definition) is 3. The molecule has 142 valence electrons. The Labute approximate surface area is 156 Å². The maximum Gasteiger partial charge on any atom is 0.191 e. The summed E-state index contributed by atoms with van der Waals surface area (Å²) in [4.78, 5) is 8.66. The number of imidazole rings is 1. The van der Waals surface area contributed by atoms with Crippen molar-refractivity contribution in [2.24, 2.45) is 4.99 Å². The molecule has 0 amide bonds. The highest BCUT2D eigenvalue weighted by Gasteiger charge is 2.04. The van der Waals surface area contributed by atoms with Gasteiger partial charge in [0.15, 0.2) is 5.96 Å². The van der Waals surface area contributed by atoms with Gasteiger partial charge < -0.3 is 19.9 Å². The SMILES string of the molecule is CCNC(=NCCCn1ccnc1)NCCCOC(C)c1ccccc1. The number of guanidine groups is 1. The van der Waals surface area contributed by atoms with Gasteiger partial charge in [-0.3, -0.25) is 4.99 Å². The molecule has 0 aliphatic heterocycles. The molecule has 0 bridgehead atoms. The van der Waals surface area contributed by atoms with Gasteiger partial charge in [-0.15, -0.1) is 0 Å². The van der Waals surface area contributed by atoms with Gasteiger partial charge in [-0.05, 0) is 32.3 Å². The van der Waals surface area contributed by atoms with Gasteiger partial charge in [0.2, 0.25) is 0 Å². The topological polar surface area (TPSA) is 63.5 Å². The largest absolute Gasteiger partial charge is 0.374 e. The van der Waals surface area contributed by atoms with Gasteiger partial charge in [0.1, 0.15) is 0 Å². The van der Waals surface area contributed by atoms with Crippen molar-refractivity contribution >= 4 is 5.96 Å². The molecule has 1 aromatic heterocycles. The summed E-state index contributed by atoms with van der Waals surface area (Å²) in [7, 11) is 0. The van der Waals surface area contributed by atoms with E-state index >= 15 is 0 Å². The van der Waals surface area contributed by atoms with Crippen LogP contribution in [0.1, 0.15) is 38.4 Å². The molecule has 0 saturated carbocycles. The number of rotatable bonds is 11. The molecule has 2 aromatic rings. The van der Waals surface area contributed by atoms with Crippen molar-refractivity contribution in [3.63, 3.8) is 0 Å². The number of hydrogen-bond donors (Lipinski definition) is 2. The molecule has 2 N–H and O–H groups in total. The quantitative estimate of drug-likeness (QED) is 0.369. The molecular formula is C20H31N5O. The molecule has 1 unspecified atom stereocenters. The van der Waals surface area contributed by atoms with Crippen molar-refractivity contribution in [3.05, 3.63) is 54.6 Å². The van der Waals surface area contributed by atoms with Crippen LogP contribution in [0.3, 0.4) is 0 Å². The summed E-state index contributed by atoms with van der Waals surface area (Å²) < 4.78 is 7.97. The van der Waals surface area contributed by atoms with Gasteiger partial charge in [-0.25, -0.2) is 4.98 Å². The Kier molecular flexibility index (Phi) is 9.29. The smallest absolute Gasteiger partial charge is 0.191 e. The Balaban J connectivity index is 1.60. The van der Waals surface area contributed by atoms with Gasteiger partial charge in [-0.2, -0.15) is 0 Å². The molecule has 0 saturated heterocycles. The van der Waals surface area contributed by atoms with E-state index in [2.05, 4.69) is 51.2 Å². The minimum atomic E-state index is 0.126. The Bertz CT molecular complexity index is 612. The van der Waals surface area contributed by atoms with Crippen molar-refractivity contribution in [2.75, 3.05) is 26.2 Å². The van der Waals surface area contributed by atoms with Crippen molar-refractivity contribution < 1.29 is 4.74 Å². The first-order chi connectivity index (χ1) is 12.8. The Hall–Kier alpha value is -2.34. The predicted molar refractivity (Wildman–Crippen MR) is 106 cm³/mol. The molecule has 0 aliphatic carbocycles. The normalized spacial score (nSPS) is 12.8. The van der Waals surface area contributed by atoms with Crippen LogP contribution in [0.25, 0.3) is 0 Å². The van der Waals surface area contributed by atoms with E-state index in [4.69, 9.17) is 4.74 Å². The first-order valence-electron chi connectivity index (χ1n) is 9.44. The van der Waals surface area contributed by atoms with Crippen molar-refractivity contribution in [1.29, 1.82) is 0 Å². The standard InChI is InChI=1S/C20H31N5O/c1-3-22-20(23-11-7-14-25-15-13-21-17-25)24-12-8-16-26-18(2)19-9-5-4-6-10-19/h4-6,9-10,13,15,17-18H,3,7-8,11-12,14,16H2,1-2H3,(H2,22,23,24). The maximum atomic E-state index is 5.90. The number of aliphatic imine (C=N–C) groups is 1. The molecule has 2 rings (SSSR count). The van der Waals surface area contributed by atoms with Gasteiger partial charge in [-0.1, -0.05) is 30.3 Å². The van der Waals surface area contributed by atoms with Gasteiger partial charge >= 0.3 is 0 Å². The van der Waals surface area contributed by atoms with Crippen molar-refractivity contribution in [3.8, 4) is 0 Å². The zero-order chi connectivity index (χ0) is 18.5. The van der Waals surface area contributed by atoms with E-state index in [1.807, 2.05) is 30.7 Å². The van der Waals surface area contributed by atoms with E-state index in [0.29, 0.717) is 0 Å². The first-order valence-corrected chi connectivity index (χ1v) is 9.44. The van der Waals surface area contributed by atoms with E-state index in [1.165, 1.54) is 5.56 Å². The van der Waals surface area contributed by atoms with Crippen LogP contribution in [-0.2, 0) is 11.3 Å². The maximum absolute atomic E-state index is 5.90. The van der Waals surface area contributed by atoms with Crippen LogP contribution in [0.4, 0.5) is 0 Å². The zero-order valence-electron chi connectivity index (χ0n) is 15.9. The van der Waals surface area contributed by atoms with Crippen LogP contribution in [0.15, 0.2) is 54.0 Å². The minimum absolute atomic E-state index is 0.126. The lowest BCUT2D eigenvalue weighted by molar-refractivity contribution is 0.0646. The van der Waals surface area contributed by atoms with E-state index in [1.54, 1.807) is 6.20 Å². The molecule has 0 fully saturated rings. The average molecular weight is 358 g/mol. The van der Waals surface area contributed by atoms with Crippen LogP contribution < -0.4 is 10.6 Å². The van der Waals surface area contributed by atoms with Gasteiger partial charge in [0, 0.05) is 45.2 Å². The molecule has 0 spiro atoms. The molecular weight excluding hydrogens is 326 g/mol. The monoisotopic (exact) mass is 357 g/mol. The summed E-state index contributed by atoms with van der Waals surface area (Å²) >= 11 is 0. The van der Waals surface area contributed by atoms with Crippen LogP contribution in [-0.4, -0.2) is 41.8 Å². The van der Waals surface area contributed by atoms with Crippen LogP contribution >= 0.6 is 0 Å². The molecule has 1 heterocycles. The number of benzene rings is 1. The number of ether oxygens (including phenoxy) is 1. The highest BCUT2D eigenvalue weighted by Crippen LogP contribution is 2.15. The summed E-state index contributed by atoms with van der Waals surface area (Å²) in [5.41, 5.74) is 1.22. The number of nitrogens with one attached hydrogen (secondary N) is 2. The second-order valence-corrected chi connectivity index (χ2v) is 6.12. The molecule has 0 radical (unpaired) electrons. The summed E-state index contributed by atoms with van der Waals surface area (Å²) in [5.74, 6) is 0.870. The highest BCUT2D eigenvalue weighted by atomic mass is 16.5. The van der Waals surface area contributed by atoms with E-state index in [-0.39, 0.29) is 6.10 Å². The minimum Gasteiger partial charge on any atom is -0.374 e. The highest BCUT2D eigenvalue weighted by molar-refractivity contribution is 5.79. The Morgan fingerprint density at radius 2 is 2.08 bits per heavy atom. The third-order valence-corrected chi connectivity index (χ3v) is 4.00. The molecule has 6 nitrogen and oxygen atoms in total. The van der Waals surface area contributed by atoms with E-state index < -0.39 is 0 Å². The van der Waals surface area contributed by atoms with Crippen molar-refractivity contribution in [1.82, 2.24) is 20.2 Å². The fourth-order valence-corrected chi connectivity index (χ4v) is 2.56. The second-order valence-electron chi connectivity index (χ2n) is 6.12. The van der Waals surface area contributed by atoms with E-state index in [0.717, 1.165) is 51.6 Å². The third-order valence-electron chi connectivity index (χ3n) is 4.00. The summed E-state index contributed by atoms with van der Waals surface area (Å²) in [5, 5.41) is 6.65. The van der Waals surface area contributed by atoms with Crippen LogP contribution in [0.2, 0.25) is 0 Å². The molecule has 26 heavy (non-hydrogen) atoms. The van der Waals surface area contributed by atoms with Gasteiger partial charge in [0.05, 0.1) is 12.4 Å². The average Bonchev–Trinajstić information content (AvgIpc) is 3.19. The lowest BCUT2D eigenvalue weighted by Gasteiger charge is -2.14. The van der Waals surface area contributed by atoms with Crippen LogP contribution in [0.5, 0.6) is 0 Å². The zero-order valence-corrected chi connectivity index (χ0v) is 15.9. The summed E-state index contributed by atoms with van der Waals surface area (Å²) in [6.07, 6.45) is 7.67. The predicted octanol–water partition coefficient (Wildman–Crippen LogP) is 3.00. The Morgan fingerprint density at radius 3 is 2.81 bits per heavy atom. The molecule has 1 atom stereocenters. The first kappa shape index (κ1) is 20.0. The number of aryl methyl sites for hydroxylation is 1. The summed E-state index contributed by atoms with van der Waals surface area (Å²) in [6.45, 7) is 8.32. The molecule has 6 heteroatoms. The third kappa shape index (κ3) is 7.70. The fourth-order valence-electron chi connectivity index (χ4n) is 2.56. The number of nitrogens with zero attached hydrogens (tertiary/aromatic N) is 3. The Morgan fingerprint density at radius 1 is 1.23 bits per heavy atom.